The van der Waals surface area contributed by atoms with Gasteiger partial charge in [-0.2, -0.15) is 18.2 Å². The summed E-state index contributed by atoms with van der Waals surface area (Å²) >= 11 is 0. The minimum atomic E-state index is -4.57. The van der Waals surface area contributed by atoms with Crippen LogP contribution in [-0.2, 0) is 12.6 Å². The highest BCUT2D eigenvalue weighted by Crippen LogP contribution is 2.37. The number of para-hydroxylation sites is 1. The average molecular weight is 441 g/mol. The van der Waals surface area contributed by atoms with Crippen LogP contribution in [0.3, 0.4) is 0 Å². The molecule has 0 spiro atoms. The first-order valence-corrected chi connectivity index (χ1v) is 11.1. The number of hydrogen-bond acceptors (Lipinski definition) is 4. The maximum Gasteiger partial charge on any atom is 0.421 e. The fraction of sp³-hybridized carbons (Fsp3) is 0.360. The van der Waals surface area contributed by atoms with Crippen LogP contribution in [0.15, 0.2) is 54.7 Å². The molecule has 168 valence electrons. The van der Waals surface area contributed by atoms with Crippen LogP contribution < -0.4 is 10.6 Å². The molecule has 1 aliphatic rings. The Labute approximate surface area is 186 Å². The third-order valence-electron chi connectivity index (χ3n) is 5.88. The van der Waals surface area contributed by atoms with Gasteiger partial charge in [0.1, 0.15) is 11.4 Å². The Morgan fingerprint density at radius 1 is 0.969 bits per heavy atom. The second-order valence-corrected chi connectivity index (χ2v) is 8.21. The van der Waals surface area contributed by atoms with Gasteiger partial charge in [0, 0.05) is 17.6 Å². The molecule has 1 fully saturated rings. The third kappa shape index (κ3) is 5.21. The van der Waals surface area contributed by atoms with E-state index in [0.29, 0.717) is 11.6 Å². The summed E-state index contributed by atoms with van der Waals surface area (Å²) in [5.74, 6) is 0.452. The summed E-state index contributed by atoms with van der Waals surface area (Å²) < 4.78 is 40.8. The number of benzene rings is 2. The number of halogens is 3. The topological polar surface area (TPSA) is 49.8 Å². The lowest BCUT2D eigenvalue weighted by Gasteiger charge is -2.17. The van der Waals surface area contributed by atoms with Gasteiger partial charge in [0.25, 0.3) is 0 Å². The molecular formula is C25H27F3N4. The number of hydrogen-bond donors (Lipinski definition) is 2. The quantitative estimate of drug-likeness (QED) is 0.397. The van der Waals surface area contributed by atoms with E-state index < -0.39 is 11.7 Å². The number of aromatic nitrogens is 2. The van der Waals surface area contributed by atoms with Crippen molar-refractivity contribution in [3.8, 4) is 0 Å². The van der Waals surface area contributed by atoms with Crippen molar-refractivity contribution in [2.45, 2.75) is 57.5 Å². The summed E-state index contributed by atoms with van der Waals surface area (Å²) in [7, 11) is 0. The number of alkyl halides is 3. The van der Waals surface area contributed by atoms with E-state index in [1.165, 1.54) is 31.2 Å². The lowest BCUT2D eigenvalue weighted by atomic mass is 9.98. The Kier molecular flexibility index (Phi) is 6.63. The maximum atomic E-state index is 13.6. The van der Waals surface area contributed by atoms with Crippen LogP contribution in [0.5, 0.6) is 0 Å². The minimum absolute atomic E-state index is 0.113. The zero-order valence-electron chi connectivity index (χ0n) is 18.0. The van der Waals surface area contributed by atoms with E-state index in [2.05, 4.69) is 32.7 Å². The zero-order valence-corrected chi connectivity index (χ0v) is 18.0. The molecule has 1 aliphatic carbocycles. The van der Waals surface area contributed by atoms with Crippen LogP contribution in [0.4, 0.5) is 36.3 Å². The van der Waals surface area contributed by atoms with Crippen LogP contribution in [0.2, 0.25) is 0 Å². The molecule has 2 N–H and O–H groups in total. The highest BCUT2D eigenvalue weighted by molar-refractivity contribution is 5.65. The Bertz CT molecular complexity index is 1040. The van der Waals surface area contributed by atoms with Gasteiger partial charge in [-0.25, -0.2) is 4.98 Å². The van der Waals surface area contributed by atoms with Crippen molar-refractivity contribution in [1.82, 2.24) is 9.97 Å². The molecule has 3 aromatic rings. The van der Waals surface area contributed by atoms with Crippen molar-refractivity contribution < 1.29 is 13.2 Å². The predicted molar refractivity (Wildman–Crippen MR) is 122 cm³/mol. The van der Waals surface area contributed by atoms with Crippen molar-refractivity contribution >= 4 is 23.1 Å². The molecule has 32 heavy (non-hydrogen) atoms. The number of nitrogens with one attached hydrogen (secondary N) is 2. The molecule has 4 nitrogen and oxygen atoms in total. The van der Waals surface area contributed by atoms with E-state index in [0.717, 1.165) is 30.3 Å². The highest BCUT2D eigenvalue weighted by Gasteiger charge is 2.35. The second-order valence-electron chi connectivity index (χ2n) is 8.21. The summed E-state index contributed by atoms with van der Waals surface area (Å²) in [4.78, 5) is 8.10. The lowest BCUT2D eigenvalue weighted by Crippen LogP contribution is -2.13. The van der Waals surface area contributed by atoms with Gasteiger partial charge in [-0.05, 0) is 54.5 Å². The van der Waals surface area contributed by atoms with E-state index in [-0.39, 0.29) is 11.8 Å². The van der Waals surface area contributed by atoms with Gasteiger partial charge in [-0.15, -0.1) is 0 Å². The molecule has 1 aromatic heterocycles. The van der Waals surface area contributed by atoms with Crippen molar-refractivity contribution in [1.29, 1.82) is 0 Å². The monoisotopic (exact) mass is 440 g/mol. The standard InChI is InChI=1S/C25H27F3N4/c1-2-7-19-10-5-6-11-22(19)31-23-21(25(26,27)28)16-29-24(32-23)30-20-14-12-18(13-15-20)17-8-3-4-9-17/h5-6,10-17H,2-4,7-9H2,1H3,(H2,29,30,31,32). The largest absolute Gasteiger partial charge is 0.421 e. The summed E-state index contributed by atoms with van der Waals surface area (Å²) in [5.41, 5.74) is 2.70. The Morgan fingerprint density at radius 2 is 1.69 bits per heavy atom. The molecule has 1 heterocycles. The van der Waals surface area contributed by atoms with Crippen LogP contribution in [-0.4, -0.2) is 9.97 Å². The molecule has 1 saturated carbocycles. The molecule has 0 aliphatic heterocycles. The number of anilines is 4. The van der Waals surface area contributed by atoms with Gasteiger partial charge in [0.15, 0.2) is 0 Å². The second kappa shape index (κ2) is 9.59. The van der Waals surface area contributed by atoms with Crippen molar-refractivity contribution in [3.63, 3.8) is 0 Å². The normalized spacial score (nSPS) is 14.5. The molecule has 0 atom stereocenters. The van der Waals surface area contributed by atoms with Crippen molar-refractivity contribution in [2.24, 2.45) is 0 Å². The van der Waals surface area contributed by atoms with Gasteiger partial charge in [0.05, 0.1) is 0 Å². The Balaban J connectivity index is 1.59. The van der Waals surface area contributed by atoms with E-state index >= 15 is 0 Å². The summed E-state index contributed by atoms with van der Waals surface area (Å²) in [5, 5.41) is 5.93. The van der Waals surface area contributed by atoms with Gasteiger partial charge >= 0.3 is 6.18 Å². The molecular weight excluding hydrogens is 413 g/mol. The van der Waals surface area contributed by atoms with Crippen LogP contribution >= 0.6 is 0 Å². The molecule has 7 heteroatoms. The molecule has 0 radical (unpaired) electrons. The van der Waals surface area contributed by atoms with E-state index in [9.17, 15) is 13.2 Å². The van der Waals surface area contributed by atoms with Gasteiger partial charge < -0.3 is 10.6 Å². The fourth-order valence-corrected chi connectivity index (χ4v) is 4.23. The average Bonchev–Trinajstić information content (AvgIpc) is 3.30. The molecule has 0 saturated heterocycles. The van der Waals surface area contributed by atoms with Crippen molar-refractivity contribution in [3.05, 3.63) is 71.4 Å². The smallest absolute Gasteiger partial charge is 0.339 e. The van der Waals surface area contributed by atoms with Crippen LogP contribution in [0, 0.1) is 0 Å². The maximum absolute atomic E-state index is 13.6. The number of rotatable bonds is 7. The van der Waals surface area contributed by atoms with E-state index in [1.807, 2.05) is 31.2 Å². The Hall–Kier alpha value is -3.09. The first-order valence-electron chi connectivity index (χ1n) is 11.1. The Morgan fingerprint density at radius 3 is 2.38 bits per heavy atom. The fourth-order valence-electron chi connectivity index (χ4n) is 4.23. The van der Waals surface area contributed by atoms with E-state index in [4.69, 9.17) is 0 Å². The van der Waals surface area contributed by atoms with E-state index in [1.54, 1.807) is 12.1 Å². The zero-order chi connectivity index (χ0) is 22.6. The molecule has 0 bridgehead atoms. The van der Waals surface area contributed by atoms with Gasteiger partial charge in [0.2, 0.25) is 5.95 Å². The van der Waals surface area contributed by atoms with Gasteiger partial charge in [-0.3, -0.25) is 0 Å². The molecule has 0 amide bonds. The first kappa shape index (κ1) is 22.1. The molecule has 4 rings (SSSR count). The SMILES string of the molecule is CCCc1ccccc1Nc1nc(Nc2ccc(C3CCCC3)cc2)ncc1C(F)(F)F. The number of aryl methyl sites for hydroxylation is 1. The lowest BCUT2D eigenvalue weighted by molar-refractivity contribution is -0.137. The van der Waals surface area contributed by atoms with Crippen molar-refractivity contribution in [2.75, 3.05) is 10.6 Å². The molecule has 2 aromatic carbocycles. The summed E-state index contributed by atoms with van der Waals surface area (Å²) in [6.45, 7) is 2.03. The van der Waals surface area contributed by atoms with Gasteiger partial charge in [-0.1, -0.05) is 56.5 Å². The first-order chi connectivity index (χ1) is 15.4. The molecule has 0 unspecified atom stereocenters. The highest BCUT2D eigenvalue weighted by atomic mass is 19.4. The van der Waals surface area contributed by atoms with Crippen LogP contribution in [0.1, 0.15) is 61.6 Å². The summed E-state index contributed by atoms with van der Waals surface area (Å²) in [6, 6.07) is 15.3. The third-order valence-corrected chi connectivity index (χ3v) is 5.88. The minimum Gasteiger partial charge on any atom is -0.339 e. The predicted octanol–water partition coefficient (Wildman–Crippen LogP) is 7.59. The summed E-state index contributed by atoms with van der Waals surface area (Å²) in [6.07, 6.45) is 2.86. The van der Waals surface area contributed by atoms with Crippen LogP contribution in [0.25, 0.3) is 0 Å². The number of nitrogens with zero attached hydrogens (tertiary/aromatic N) is 2.